The van der Waals surface area contributed by atoms with Crippen LogP contribution in [0.2, 0.25) is 5.15 Å². The van der Waals surface area contributed by atoms with Gasteiger partial charge in [-0.1, -0.05) is 23.7 Å². The quantitative estimate of drug-likeness (QED) is 0.608. The molecule has 2 aromatic heterocycles. The summed E-state index contributed by atoms with van der Waals surface area (Å²) in [4.78, 5) is 34.5. The molecule has 0 radical (unpaired) electrons. The van der Waals surface area contributed by atoms with E-state index in [-0.39, 0.29) is 11.8 Å². The van der Waals surface area contributed by atoms with E-state index in [0.717, 1.165) is 36.2 Å². The van der Waals surface area contributed by atoms with Gasteiger partial charge < -0.3 is 10.2 Å². The molecule has 5 rings (SSSR count). The fraction of sp³-hybridized carbons (Fsp3) is 0.304. The first kappa shape index (κ1) is 19.0. The van der Waals surface area contributed by atoms with Gasteiger partial charge in [-0.05, 0) is 59.6 Å². The van der Waals surface area contributed by atoms with Gasteiger partial charge in [-0.2, -0.15) is 0 Å². The van der Waals surface area contributed by atoms with Gasteiger partial charge in [0.1, 0.15) is 11.0 Å². The van der Waals surface area contributed by atoms with Crippen LogP contribution in [-0.2, 0) is 16.0 Å². The van der Waals surface area contributed by atoms with E-state index in [1.807, 2.05) is 23.1 Å². The lowest BCUT2D eigenvalue weighted by atomic mass is 9.99. The van der Waals surface area contributed by atoms with Gasteiger partial charge in [0.25, 0.3) is 0 Å². The number of aryl methyl sites for hydroxylation is 1. The smallest absolute Gasteiger partial charge is 0.246 e. The summed E-state index contributed by atoms with van der Waals surface area (Å²) in [6.07, 6.45) is 11.1. The third-order valence-corrected chi connectivity index (χ3v) is 6.39. The normalized spacial score (nSPS) is 22.6. The number of aromatic nitrogens is 2. The Bertz CT molecular complexity index is 1090. The van der Waals surface area contributed by atoms with E-state index >= 15 is 0 Å². The van der Waals surface area contributed by atoms with E-state index < -0.39 is 0 Å². The van der Waals surface area contributed by atoms with Crippen molar-refractivity contribution in [2.75, 3.05) is 18.4 Å². The molecule has 1 aliphatic carbocycles. The van der Waals surface area contributed by atoms with Crippen LogP contribution in [0, 0.1) is 11.8 Å². The Morgan fingerprint density at radius 3 is 3.00 bits per heavy atom. The lowest BCUT2D eigenvalue weighted by molar-refractivity contribution is -0.125. The summed E-state index contributed by atoms with van der Waals surface area (Å²) < 4.78 is 0. The van der Waals surface area contributed by atoms with Crippen LogP contribution in [0.25, 0.3) is 11.6 Å². The minimum absolute atomic E-state index is 0.00365. The second kappa shape index (κ2) is 7.69. The number of halogens is 1. The molecule has 0 saturated carbocycles. The number of anilines is 1. The lowest BCUT2D eigenvalue weighted by Crippen LogP contribution is -2.27. The van der Waals surface area contributed by atoms with Crippen LogP contribution in [-0.4, -0.2) is 39.8 Å². The second-order valence-corrected chi connectivity index (χ2v) is 8.42. The maximum atomic E-state index is 12.7. The number of carbonyl (C=O) groups excluding carboxylic acids is 2. The summed E-state index contributed by atoms with van der Waals surface area (Å²) in [5, 5.41) is 3.31. The average molecular weight is 421 g/mol. The van der Waals surface area contributed by atoms with Crippen LogP contribution in [0.4, 0.5) is 5.82 Å². The predicted molar refractivity (Wildman–Crippen MR) is 116 cm³/mol. The third-order valence-electron chi connectivity index (χ3n) is 6.09. The molecule has 152 valence electrons. The molecule has 6 nitrogen and oxygen atoms in total. The van der Waals surface area contributed by atoms with E-state index in [0.29, 0.717) is 35.6 Å². The highest BCUT2D eigenvalue weighted by Gasteiger charge is 2.38. The number of hydrogen-bond donors (Lipinski definition) is 1. The number of allylic oxidation sites excluding steroid dienone is 1. The first-order valence-corrected chi connectivity index (χ1v) is 10.5. The van der Waals surface area contributed by atoms with Gasteiger partial charge in [0.15, 0.2) is 0 Å². The maximum absolute atomic E-state index is 12.7. The Labute approximate surface area is 179 Å². The summed E-state index contributed by atoms with van der Waals surface area (Å²) >= 11 is 6.24. The highest BCUT2D eigenvalue weighted by molar-refractivity contribution is 6.31. The SMILES string of the molecule is O=C1CCc2cc(C=CC(=O)N3CC4C=C(c5cccnc5Cl)CC4C3)cnc2N1. The Morgan fingerprint density at radius 2 is 2.17 bits per heavy atom. The van der Waals surface area contributed by atoms with Crippen LogP contribution in [0.3, 0.4) is 0 Å². The zero-order chi connectivity index (χ0) is 20.7. The molecule has 1 fully saturated rings. The van der Waals surface area contributed by atoms with Gasteiger partial charge in [-0.3, -0.25) is 9.59 Å². The van der Waals surface area contributed by atoms with Gasteiger partial charge in [-0.15, -0.1) is 0 Å². The number of hydrogen-bond acceptors (Lipinski definition) is 4. The molecule has 4 heterocycles. The number of nitrogens with one attached hydrogen (secondary N) is 1. The topological polar surface area (TPSA) is 75.2 Å². The number of carbonyl (C=O) groups is 2. The molecule has 3 aliphatic rings. The number of nitrogens with zero attached hydrogens (tertiary/aromatic N) is 3. The monoisotopic (exact) mass is 420 g/mol. The molecule has 0 aromatic carbocycles. The number of fused-ring (bicyclic) bond motifs is 2. The maximum Gasteiger partial charge on any atom is 0.246 e. The zero-order valence-electron chi connectivity index (χ0n) is 16.3. The van der Waals surface area contributed by atoms with Gasteiger partial charge >= 0.3 is 0 Å². The van der Waals surface area contributed by atoms with E-state index in [4.69, 9.17) is 11.6 Å². The summed E-state index contributed by atoms with van der Waals surface area (Å²) in [6, 6.07) is 5.89. The molecule has 2 atom stereocenters. The number of rotatable bonds is 3. The molecule has 0 spiro atoms. The summed E-state index contributed by atoms with van der Waals surface area (Å²) in [5.41, 5.74) is 4.11. The Balaban J connectivity index is 1.24. The average Bonchev–Trinajstić information content (AvgIpc) is 3.31. The van der Waals surface area contributed by atoms with Crippen molar-refractivity contribution in [3.05, 3.63) is 64.6 Å². The van der Waals surface area contributed by atoms with E-state index in [1.54, 1.807) is 24.5 Å². The molecule has 2 unspecified atom stereocenters. The van der Waals surface area contributed by atoms with Crippen LogP contribution in [0.1, 0.15) is 29.5 Å². The van der Waals surface area contributed by atoms with Crippen LogP contribution < -0.4 is 5.32 Å². The van der Waals surface area contributed by atoms with Crippen molar-refractivity contribution < 1.29 is 9.59 Å². The molecule has 1 N–H and O–H groups in total. The standard InChI is InChI=1S/C23H21ClN4O2/c24-22-19(2-1-7-25-22)16-9-17-12-28(13-18(17)10-16)21(30)6-3-14-8-15-4-5-20(29)27-23(15)26-11-14/h1-3,6-9,11,17-18H,4-5,10,12-13H2,(H,26,27,29). The zero-order valence-corrected chi connectivity index (χ0v) is 17.1. The fourth-order valence-electron chi connectivity index (χ4n) is 4.55. The Kier molecular flexibility index (Phi) is 4.87. The molecular formula is C23H21ClN4O2. The van der Waals surface area contributed by atoms with Gasteiger partial charge in [0, 0.05) is 43.5 Å². The third kappa shape index (κ3) is 3.63. The highest BCUT2D eigenvalue weighted by Crippen LogP contribution is 2.42. The van der Waals surface area contributed by atoms with Crippen LogP contribution in [0.5, 0.6) is 0 Å². The summed E-state index contributed by atoms with van der Waals surface area (Å²) in [7, 11) is 0. The van der Waals surface area contributed by atoms with Crippen LogP contribution in [0.15, 0.2) is 42.7 Å². The van der Waals surface area contributed by atoms with Crippen molar-refractivity contribution in [2.45, 2.75) is 19.3 Å². The molecule has 0 bridgehead atoms. The Hall–Kier alpha value is -2.99. The molecule has 2 aliphatic heterocycles. The minimum Gasteiger partial charge on any atom is -0.338 e. The molecule has 2 aromatic rings. The molecular weight excluding hydrogens is 400 g/mol. The number of likely N-dealkylation sites (tertiary alicyclic amines) is 1. The van der Waals surface area contributed by atoms with Gasteiger partial charge in [0.2, 0.25) is 11.8 Å². The second-order valence-electron chi connectivity index (χ2n) is 8.06. The lowest BCUT2D eigenvalue weighted by Gasteiger charge is -2.16. The minimum atomic E-state index is -0.00365. The van der Waals surface area contributed by atoms with E-state index in [2.05, 4.69) is 21.4 Å². The van der Waals surface area contributed by atoms with Gasteiger partial charge in [-0.25, -0.2) is 9.97 Å². The number of pyridine rings is 2. The van der Waals surface area contributed by atoms with Crippen molar-refractivity contribution in [1.29, 1.82) is 0 Å². The van der Waals surface area contributed by atoms with Crippen molar-refractivity contribution >= 4 is 40.9 Å². The molecule has 2 amide bonds. The van der Waals surface area contributed by atoms with Crippen molar-refractivity contribution in [1.82, 2.24) is 14.9 Å². The summed E-state index contributed by atoms with van der Waals surface area (Å²) in [5.74, 6) is 1.43. The molecule has 30 heavy (non-hydrogen) atoms. The summed E-state index contributed by atoms with van der Waals surface area (Å²) in [6.45, 7) is 1.48. The predicted octanol–water partition coefficient (Wildman–Crippen LogP) is 3.59. The van der Waals surface area contributed by atoms with E-state index in [1.165, 1.54) is 5.57 Å². The van der Waals surface area contributed by atoms with Crippen LogP contribution >= 0.6 is 11.6 Å². The van der Waals surface area contributed by atoms with Crippen molar-refractivity contribution in [3.8, 4) is 0 Å². The molecule has 7 heteroatoms. The van der Waals surface area contributed by atoms with E-state index in [9.17, 15) is 9.59 Å². The number of amides is 2. The van der Waals surface area contributed by atoms with Crippen molar-refractivity contribution in [2.24, 2.45) is 11.8 Å². The largest absolute Gasteiger partial charge is 0.338 e. The first-order valence-electron chi connectivity index (χ1n) is 10.1. The molecule has 1 saturated heterocycles. The highest BCUT2D eigenvalue weighted by atomic mass is 35.5. The van der Waals surface area contributed by atoms with Crippen molar-refractivity contribution in [3.63, 3.8) is 0 Å². The Morgan fingerprint density at radius 1 is 1.27 bits per heavy atom. The fourth-order valence-corrected chi connectivity index (χ4v) is 4.79. The van der Waals surface area contributed by atoms with Gasteiger partial charge in [0.05, 0.1) is 0 Å². The first-order chi connectivity index (χ1) is 14.6.